The highest BCUT2D eigenvalue weighted by molar-refractivity contribution is 6.62. The molecular formula is C15H20BFO3. The molecule has 1 aromatic rings. The van der Waals surface area contributed by atoms with Crippen LogP contribution >= 0.6 is 0 Å². The van der Waals surface area contributed by atoms with Gasteiger partial charge >= 0.3 is 7.12 Å². The van der Waals surface area contributed by atoms with Crippen molar-refractivity contribution in [1.82, 2.24) is 0 Å². The molecule has 1 saturated carbocycles. The van der Waals surface area contributed by atoms with Gasteiger partial charge in [-0.2, -0.15) is 0 Å². The van der Waals surface area contributed by atoms with E-state index in [1.165, 1.54) is 6.07 Å². The predicted molar refractivity (Wildman–Crippen MR) is 75.2 cm³/mol. The molecule has 0 radical (unpaired) electrons. The highest BCUT2D eigenvalue weighted by atomic mass is 19.1. The van der Waals surface area contributed by atoms with Crippen molar-refractivity contribution in [2.24, 2.45) is 0 Å². The van der Waals surface area contributed by atoms with Crippen LogP contribution in [0.5, 0.6) is 0 Å². The molecule has 0 unspecified atom stereocenters. The molecule has 1 saturated heterocycles. The molecule has 1 heterocycles. The largest absolute Gasteiger partial charge is 0.495 e. The first-order chi connectivity index (χ1) is 9.16. The minimum Gasteiger partial charge on any atom is -0.399 e. The van der Waals surface area contributed by atoms with Gasteiger partial charge in [0.2, 0.25) is 0 Å². The maximum atomic E-state index is 14.2. The van der Waals surface area contributed by atoms with E-state index in [4.69, 9.17) is 9.31 Å². The van der Waals surface area contributed by atoms with Gasteiger partial charge in [0.15, 0.2) is 0 Å². The van der Waals surface area contributed by atoms with Crippen LogP contribution in [0.1, 0.15) is 46.1 Å². The first-order valence-electron chi connectivity index (χ1n) is 7.03. The van der Waals surface area contributed by atoms with Crippen LogP contribution in [-0.2, 0) is 14.9 Å². The molecule has 108 valence electrons. The maximum Gasteiger partial charge on any atom is 0.495 e. The number of rotatable bonds is 2. The molecule has 1 N–H and O–H groups in total. The summed E-state index contributed by atoms with van der Waals surface area (Å²) >= 11 is 0. The van der Waals surface area contributed by atoms with Crippen LogP contribution in [0, 0.1) is 5.82 Å². The zero-order valence-electron chi connectivity index (χ0n) is 12.4. The number of benzene rings is 1. The lowest BCUT2D eigenvalue weighted by atomic mass is 9.74. The van der Waals surface area contributed by atoms with Crippen LogP contribution in [0.2, 0.25) is 0 Å². The van der Waals surface area contributed by atoms with Gasteiger partial charge in [-0.1, -0.05) is 12.1 Å². The summed E-state index contributed by atoms with van der Waals surface area (Å²) in [6, 6.07) is 4.78. The lowest BCUT2D eigenvalue weighted by Crippen LogP contribution is -2.41. The summed E-state index contributed by atoms with van der Waals surface area (Å²) in [6.45, 7) is 7.82. The zero-order valence-corrected chi connectivity index (χ0v) is 12.4. The maximum absolute atomic E-state index is 14.2. The molecule has 3 nitrogen and oxygen atoms in total. The van der Waals surface area contributed by atoms with Crippen molar-refractivity contribution >= 4 is 12.6 Å². The van der Waals surface area contributed by atoms with Crippen molar-refractivity contribution in [1.29, 1.82) is 0 Å². The van der Waals surface area contributed by atoms with Crippen molar-refractivity contribution < 1.29 is 18.8 Å². The van der Waals surface area contributed by atoms with E-state index < -0.39 is 29.7 Å². The highest BCUT2D eigenvalue weighted by Crippen LogP contribution is 2.46. The van der Waals surface area contributed by atoms with Crippen molar-refractivity contribution in [3.63, 3.8) is 0 Å². The molecule has 3 rings (SSSR count). The van der Waals surface area contributed by atoms with E-state index in [0.717, 1.165) is 0 Å². The Bertz CT molecular complexity index is 536. The fraction of sp³-hybridized carbons (Fsp3) is 0.600. The van der Waals surface area contributed by atoms with Gasteiger partial charge in [0.1, 0.15) is 5.82 Å². The van der Waals surface area contributed by atoms with Gasteiger partial charge < -0.3 is 14.4 Å². The van der Waals surface area contributed by atoms with Gasteiger partial charge in [-0.15, -0.1) is 0 Å². The molecule has 0 atom stereocenters. The smallest absolute Gasteiger partial charge is 0.399 e. The molecule has 2 aliphatic rings. The molecule has 20 heavy (non-hydrogen) atoms. The number of aliphatic hydroxyl groups is 1. The summed E-state index contributed by atoms with van der Waals surface area (Å²) in [7, 11) is -0.643. The van der Waals surface area contributed by atoms with Gasteiger partial charge in [-0.3, -0.25) is 0 Å². The predicted octanol–water partition coefficient (Wildman–Crippen LogP) is 2.11. The van der Waals surface area contributed by atoms with E-state index >= 15 is 0 Å². The van der Waals surface area contributed by atoms with Crippen molar-refractivity contribution in [3.05, 3.63) is 29.6 Å². The fourth-order valence-corrected chi connectivity index (χ4v) is 2.57. The van der Waals surface area contributed by atoms with Gasteiger partial charge in [-0.05, 0) is 52.1 Å². The third kappa shape index (κ3) is 2.00. The van der Waals surface area contributed by atoms with Crippen LogP contribution in [0.15, 0.2) is 18.2 Å². The third-order valence-electron chi connectivity index (χ3n) is 4.74. The van der Waals surface area contributed by atoms with E-state index in [9.17, 15) is 9.50 Å². The van der Waals surface area contributed by atoms with Gasteiger partial charge in [0.25, 0.3) is 0 Å². The van der Waals surface area contributed by atoms with Crippen LogP contribution in [0.3, 0.4) is 0 Å². The third-order valence-corrected chi connectivity index (χ3v) is 4.74. The second kappa shape index (κ2) is 4.06. The normalized spacial score (nSPS) is 25.8. The Morgan fingerprint density at radius 1 is 1.10 bits per heavy atom. The molecule has 1 aliphatic carbocycles. The van der Waals surface area contributed by atoms with E-state index in [2.05, 4.69) is 0 Å². The molecule has 0 amide bonds. The standard InChI is InChI=1S/C15H20BFO3/c1-13(2)14(3,4)20-16(19-13)10-6-5-7-11(17)12(10)15(18)8-9-15/h5-7,18H,8-9H2,1-4H3. The monoisotopic (exact) mass is 278 g/mol. The molecule has 2 fully saturated rings. The second-order valence-corrected chi connectivity index (χ2v) is 6.82. The zero-order chi connectivity index (χ0) is 14.8. The van der Waals surface area contributed by atoms with E-state index in [-0.39, 0.29) is 0 Å². The Labute approximate surface area is 119 Å². The summed E-state index contributed by atoms with van der Waals surface area (Å²) in [5.74, 6) is -0.391. The van der Waals surface area contributed by atoms with E-state index in [1.54, 1.807) is 12.1 Å². The van der Waals surface area contributed by atoms with Gasteiger partial charge in [0.05, 0.1) is 16.8 Å². The van der Waals surface area contributed by atoms with Crippen LogP contribution in [-0.4, -0.2) is 23.4 Å². The lowest BCUT2D eigenvalue weighted by Gasteiger charge is -2.32. The Kier molecular flexibility index (Phi) is 2.85. The van der Waals surface area contributed by atoms with Gasteiger partial charge in [-0.25, -0.2) is 4.39 Å². The summed E-state index contributed by atoms with van der Waals surface area (Å²) in [4.78, 5) is 0. The topological polar surface area (TPSA) is 38.7 Å². The Morgan fingerprint density at radius 3 is 2.15 bits per heavy atom. The molecule has 0 spiro atoms. The lowest BCUT2D eigenvalue weighted by molar-refractivity contribution is 0.00578. The molecule has 1 aliphatic heterocycles. The average molecular weight is 278 g/mol. The number of hydrogen-bond donors (Lipinski definition) is 1. The van der Waals surface area contributed by atoms with E-state index in [0.29, 0.717) is 23.9 Å². The Morgan fingerprint density at radius 2 is 1.65 bits per heavy atom. The summed E-state index contributed by atoms with van der Waals surface area (Å²) in [5, 5.41) is 10.3. The minimum atomic E-state index is -1.05. The summed E-state index contributed by atoms with van der Waals surface area (Å²) in [5.41, 5.74) is -1.08. The Hall–Kier alpha value is -0.905. The van der Waals surface area contributed by atoms with E-state index in [1.807, 2.05) is 27.7 Å². The summed E-state index contributed by atoms with van der Waals surface area (Å²) in [6.07, 6.45) is 1.17. The minimum absolute atomic E-state index is 0.332. The first-order valence-corrected chi connectivity index (χ1v) is 7.03. The second-order valence-electron chi connectivity index (χ2n) is 6.82. The van der Waals surface area contributed by atoms with Crippen LogP contribution in [0.4, 0.5) is 4.39 Å². The Balaban J connectivity index is 2.03. The average Bonchev–Trinajstić information content (AvgIpc) is 3.00. The van der Waals surface area contributed by atoms with Crippen molar-refractivity contribution in [2.75, 3.05) is 0 Å². The van der Waals surface area contributed by atoms with Crippen molar-refractivity contribution in [2.45, 2.75) is 57.3 Å². The summed E-state index contributed by atoms with van der Waals surface area (Å²) < 4.78 is 26.1. The van der Waals surface area contributed by atoms with Crippen molar-refractivity contribution in [3.8, 4) is 0 Å². The quantitative estimate of drug-likeness (QED) is 0.842. The number of hydrogen-bond acceptors (Lipinski definition) is 3. The first kappa shape index (κ1) is 14.0. The molecular weight excluding hydrogens is 258 g/mol. The van der Waals surface area contributed by atoms with Crippen LogP contribution < -0.4 is 5.46 Å². The molecule has 0 bridgehead atoms. The molecule has 1 aromatic carbocycles. The SMILES string of the molecule is CC1(C)OB(c2cccc(F)c2C2(O)CC2)OC1(C)C. The molecule has 0 aromatic heterocycles. The highest BCUT2D eigenvalue weighted by Gasteiger charge is 2.55. The fourth-order valence-electron chi connectivity index (χ4n) is 2.57. The molecule has 5 heteroatoms. The van der Waals surface area contributed by atoms with Crippen LogP contribution in [0.25, 0.3) is 0 Å². The number of halogens is 1. The van der Waals surface area contributed by atoms with Gasteiger partial charge in [0, 0.05) is 5.56 Å².